The molecule has 3 aromatic rings. The van der Waals surface area contributed by atoms with Gasteiger partial charge in [0, 0.05) is 70.4 Å². The molecule has 1 heterocycles. The van der Waals surface area contributed by atoms with Gasteiger partial charge in [-0.3, -0.25) is 33.7 Å². The van der Waals surface area contributed by atoms with E-state index in [1.54, 1.807) is 26.8 Å². The number of hydrogen-bond donors (Lipinski definition) is 3. The molecule has 4 rings (SSSR count). The number of carbonyl (C=O) groups is 7. The van der Waals surface area contributed by atoms with Crippen LogP contribution >= 0.6 is 33.2 Å². The lowest BCUT2D eigenvalue weighted by molar-refractivity contribution is -0.154. The monoisotopic (exact) mass is 994 g/mol. The van der Waals surface area contributed by atoms with Crippen LogP contribution in [0.25, 0.3) is 0 Å². The van der Waals surface area contributed by atoms with Crippen LogP contribution in [0.1, 0.15) is 89.5 Å². The lowest BCUT2D eigenvalue weighted by atomic mass is 9.79. The fraction of sp³-hybridized carbons (Fsp3) is 0.460. The first-order valence-corrected chi connectivity index (χ1v) is 25.1. The number of alkyl carbamates (subject to hydrolysis) is 1. The Kier molecular flexibility index (Phi) is 21.6. The summed E-state index contributed by atoms with van der Waals surface area (Å²) in [6.07, 6.45) is 1.56. The zero-order chi connectivity index (χ0) is 49.9. The highest BCUT2D eigenvalue weighted by Crippen LogP contribution is 2.44. The summed E-state index contributed by atoms with van der Waals surface area (Å²) >= 11 is 6.77. The van der Waals surface area contributed by atoms with Crippen LogP contribution in [0.2, 0.25) is 5.02 Å². The van der Waals surface area contributed by atoms with Crippen LogP contribution in [0, 0.1) is 6.92 Å². The minimum Gasteiger partial charge on any atom is -0.444 e. The SMILES string of the molecule is Cc1ccc(C(OC(=O)CCOCCNC(=O)CCOCCCC(=O)[C@H](CSSC(C)(C)C)NC(=O)[C@H](CNC(=O)OC(C)(C)C)N2C(=O)C=CC2=O)(c2ccccc2)c2ccccc2Cl)cc1. The molecule has 3 N–H and O–H groups in total. The third-order valence-corrected chi connectivity index (χ3v) is 13.6. The number of benzene rings is 3. The molecule has 1 aliphatic heterocycles. The molecule has 1 unspecified atom stereocenters. The summed E-state index contributed by atoms with van der Waals surface area (Å²) in [4.78, 5) is 91.6. The average molecular weight is 996 g/mol. The Bertz CT molecular complexity index is 2210. The first kappa shape index (κ1) is 55.4. The Morgan fingerprint density at radius 2 is 1.34 bits per heavy atom. The van der Waals surface area contributed by atoms with Gasteiger partial charge in [-0.05, 0) is 40.2 Å². The topological polar surface area (TPSA) is 196 Å². The number of rotatable bonds is 26. The number of Topliss-reactive ketones (excluding diaryl/α,β-unsaturated/α-hetero) is 1. The van der Waals surface area contributed by atoms with Gasteiger partial charge in [-0.2, -0.15) is 0 Å². The van der Waals surface area contributed by atoms with Gasteiger partial charge in [0.25, 0.3) is 11.8 Å². The van der Waals surface area contributed by atoms with Crippen molar-refractivity contribution in [2.45, 2.75) is 102 Å². The molecule has 5 amide bonds. The average Bonchev–Trinajstić information content (AvgIpc) is 3.60. The molecule has 0 fully saturated rings. The summed E-state index contributed by atoms with van der Waals surface area (Å²) < 4.78 is 22.8. The summed E-state index contributed by atoms with van der Waals surface area (Å²) in [6.45, 7) is 13.2. The van der Waals surface area contributed by atoms with Crippen molar-refractivity contribution in [1.29, 1.82) is 0 Å². The fourth-order valence-corrected chi connectivity index (χ4v) is 9.52. The predicted molar refractivity (Wildman–Crippen MR) is 264 cm³/mol. The highest BCUT2D eigenvalue weighted by Gasteiger charge is 2.42. The van der Waals surface area contributed by atoms with Gasteiger partial charge >= 0.3 is 12.1 Å². The number of hydrogen-bond acceptors (Lipinski definition) is 13. The molecular formula is C50H63ClN4O11S2. The van der Waals surface area contributed by atoms with Crippen LogP contribution in [-0.2, 0) is 53.3 Å². The standard InChI is InChI=1S/C50H63ClN4O11S2/c1-34-19-21-36(22-20-34)50(35-14-9-8-10-15-35,37-16-11-12-17-38(37)51)65-45(60)26-30-64-31-27-52-42(57)25-29-63-28-13-18-41(56)39(33-67-68-49(5,6)7)54-46(61)40(55-43(58)23-24-44(55)59)32-53-47(62)66-48(2,3)4/h8-12,14-17,19-24,39-40H,13,18,25-33H2,1-7H3,(H,52,57)(H,53,62)(H,54,61)/t39-,40-,50?/m0/s1. The highest BCUT2D eigenvalue weighted by atomic mass is 35.5. The van der Waals surface area contributed by atoms with Crippen LogP contribution in [0.3, 0.4) is 0 Å². The first-order chi connectivity index (χ1) is 32.2. The lowest BCUT2D eigenvalue weighted by Crippen LogP contribution is -2.58. The molecule has 0 spiro atoms. The van der Waals surface area contributed by atoms with Gasteiger partial charge < -0.3 is 34.9 Å². The summed E-state index contributed by atoms with van der Waals surface area (Å²) in [5.41, 5.74) is 0.976. The summed E-state index contributed by atoms with van der Waals surface area (Å²) in [7, 11) is 2.92. The van der Waals surface area contributed by atoms with Crippen molar-refractivity contribution < 1.29 is 52.5 Å². The number of amides is 5. The Balaban J connectivity index is 1.21. The third kappa shape index (κ3) is 17.7. The van der Waals surface area contributed by atoms with E-state index in [2.05, 4.69) is 16.0 Å². The van der Waals surface area contributed by atoms with E-state index in [0.29, 0.717) is 17.0 Å². The molecular weight excluding hydrogens is 932 g/mol. The maximum Gasteiger partial charge on any atom is 0.407 e. The van der Waals surface area contributed by atoms with Crippen molar-refractivity contribution in [1.82, 2.24) is 20.9 Å². The van der Waals surface area contributed by atoms with Crippen LogP contribution in [0.15, 0.2) is 91.0 Å². The van der Waals surface area contributed by atoms with E-state index >= 15 is 0 Å². The van der Waals surface area contributed by atoms with Gasteiger partial charge in [0.05, 0.1) is 38.8 Å². The second kappa shape index (κ2) is 26.5. The van der Waals surface area contributed by atoms with Crippen molar-refractivity contribution in [3.63, 3.8) is 0 Å². The number of carbonyl (C=O) groups excluding carboxylic acids is 7. The van der Waals surface area contributed by atoms with E-state index in [1.165, 1.54) is 21.6 Å². The number of ketones is 1. The zero-order valence-corrected chi connectivity index (χ0v) is 42.1. The number of halogens is 1. The third-order valence-electron chi connectivity index (χ3n) is 9.91. The number of nitrogens with zero attached hydrogens (tertiary/aromatic N) is 1. The minimum atomic E-state index is -1.45. The number of esters is 1. The van der Waals surface area contributed by atoms with E-state index in [0.717, 1.165) is 33.7 Å². The van der Waals surface area contributed by atoms with Gasteiger partial charge in [-0.25, -0.2) is 4.79 Å². The summed E-state index contributed by atoms with van der Waals surface area (Å²) in [5.74, 6) is -3.13. The maximum atomic E-state index is 13.7. The Hall–Kier alpha value is -5.20. The predicted octanol–water partition coefficient (Wildman–Crippen LogP) is 7.25. The van der Waals surface area contributed by atoms with Gasteiger partial charge in [0.15, 0.2) is 11.4 Å². The molecule has 68 heavy (non-hydrogen) atoms. The van der Waals surface area contributed by atoms with Crippen molar-refractivity contribution >= 4 is 74.7 Å². The largest absolute Gasteiger partial charge is 0.444 e. The van der Waals surface area contributed by atoms with Crippen LogP contribution in [0.5, 0.6) is 0 Å². The van der Waals surface area contributed by atoms with Gasteiger partial charge in [-0.15, -0.1) is 0 Å². The smallest absolute Gasteiger partial charge is 0.407 e. The minimum absolute atomic E-state index is 0.0336. The van der Waals surface area contributed by atoms with Crippen LogP contribution in [0.4, 0.5) is 4.79 Å². The van der Waals surface area contributed by atoms with Gasteiger partial charge in [0.2, 0.25) is 11.8 Å². The normalized spacial score (nSPS) is 14.4. The lowest BCUT2D eigenvalue weighted by Gasteiger charge is -2.36. The molecule has 3 aromatic carbocycles. The molecule has 0 aromatic heterocycles. The Morgan fingerprint density at radius 1 is 0.721 bits per heavy atom. The van der Waals surface area contributed by atoms with Gasteiger partial charge in [0.1, 0.15) is 11.6 Å². The zero-order valence-electron chi connectivity index (χ0n) is 39.7. The number of aryl methyl sites for hydroxylation is 1. The Labute approximate surface area is 411 Å². The molecule has 15 nitrogen and oxygen atoms in total. The quantitative estimate of drug-likeness (QED) is 0.0240. The van der Waals surface area contributed by atoms with E-state index in [9.17, 15) is 33.6 Å². The van der Waals surface area contributed by atoms with E-state index < -0.39 is 59.6 Å². The van der Waals surface area contributed by atoms with E-state index in [4.69, 9.17) is 30.5 Å². The van der Waals surface area contributed by atoms with Crippen molar-refractivity contribution in [2.24, 2.45) is 0 Å². The highest BCUT2D eigenvalue weighted by molar-refractivity contribution is 8.77. The number of ether oxygens (including phenoxy) is 4. The van der Waals surface area contributed by atoms with E-state index in [-0.39, 0.29) is 74.4 Å². The number of nitrogens with one attached hydrogen (secondary N) is 3. The van der Waals surface area contributed by atoms with E-state index in [1.807, 2.05) is 100 Å². The molecule has 1 aliphatic rings. The molecule has 3 atom stereocenters. The molecule has 0 aliphatic carbocycles. The Morgan fingerprint density at radius 3 is 1.99 bits per heavy atom. The first-order valence-electron chi connectivity index (χ1n) is 22.4. The van der Waals surface area contributed by atoms with Crippen molar-refractivity contribution in [2.75, 3.05) is 45.3 Å². The van der Waals surface area contributed by atoms with Crippen LogP contribution in [-0.4, -0.2) is 114 Å². The molecule has 0 saturated carbocycles. The summed E-state index contributed by atoms with van der Waals surface area (Å²) in [6, 6.07) is 22.1. The van der Waals surface area contributed by atoms with Gasteiger partial charge in [-0.1, -0.05) is 132 Å². The molecule has 0 saturated heterocycles. The summed E-state index contributed by atoms with van der Waals surface area (Å²) in [5, 5.41) is 8.37. The molecule has 368 valence electrons. The molecule has 18 heteroatoms. The van der Waals surface area contributed by atoms with Crippen LogP contribution < -0.4 is 16.0 Å². The van der Waals surface area contributed by atoms with Crippen molar-refractivity contribution in [3.8, 4) is 0 Å². The fourth-order valence-electron chi connectivity index (χ4n) is 6.75. The van der Waals surface area contributed by atoms with Crippen molar-refractivity contribution in [3.05, 3.63) is 118 Å². The molecule has 0 radical (unpaired) electrons. The maximum absolute atomic E-state index is 13.7. The number of imide groups is 1. The molecule has 0 bridgehead atoms. The second-order valence-corrected chi connectivity index (χ2v) is 21.4. The second-order valence-electron chi connectivity index (χ2n) is 17.8.